The first-order valence-electron chi connectivity index (χ1n) is 19.6. The summed E-state index contributed by atoms with van der Waals surface area (Å²) in [7, 11) is 0. The Morgan fingerprint density at radius 2 is 0.614 bits per heavy atom. The topological polar surface area (TPSA) is 14.8 Å². The van der Waals surface area contributed by atoms with Crippen LogP contribution in [0.2, 0.25) is 0 Å². The highest BCUT2D eigenvalue weighted by molar-refractivity contribution is 6.29. The van der Waals surface area contributed by atoms with Crippen LogP contribution in [-0.2, 0) is 0 Å². The molecule has 9 aromatic carbocycles. The zero-order chi connectivity index (χ0) is 37.5. The van der Waals surface area contributed by atoms with Gasteiger partial charge in [-0.25, -0.2) is 0 Å². The predicted molar refractivity (Wildman–Crippen MR) is 240 cm³/mol. The second-order valence-electron chi connectivity index (χ2n) is 14.9. The van der Waals surface area contributed by atoms with Crippen molar-refractivity contribution in [2.75, 3.05) is 0 Å². The molecule has 12 rings (SSSR count). The second-order valence-corrected chi connectivity index (χ2v) is 14.9. The fraction of sp³-hybridized carbons (Fsp3) is 0. The monoisotopic (exact) mass is 725 g/mol. The molecule has 3 heterocycles. The van der Waals surface area contributed by atoms with E-state index in [1.807, 2.05) is 0 Å². The zero-order valence-electron chi connectivity index (χ0n) is 31.0. The number of para-hydroxylation sites is 4. The van der Waals surface area contributed by atoms with Crippen molar-refractivity contribution in [1.29, 1.82) is 0 Å². The molecule has 0 fully saturated rings. The van der Waals surface area contributed by atoms with E-state index in [-0.39, 0.29) is 0 Å². The first-order valence-corrected chi connectivity index (χ1v) is 19.6. The van der Waals surface area contributed by atoms with E-state index in [9.17, 15) is 0 Å². The van der Waals surface area contributed by atoms with Crippen molar-refractivity contribution < 1.29 is 0 Å². The van der Waals surface area contributed by atoms with E-state index in [0.29, 0.717) is 0 Å². The Labute approximate surface area is 329 Å². The van der Waals surface area contributed by atoms with E-state index in [2.05, 4.69) is 226 Å². The first kappa shape index (κ1) is 31.7. The summed E-state index contributed by atoms with van der Waals surface area (Å²) in [5.74, 6) is 0. The van der Waals surface area contributed by atoms with Crippen LogP contribution in [0.25, 0.3) is 105 Å². The molecule has 0 radical (unpaired) electrons. The molecule has 12 aromatic rings. The number of fused-ring (bicyclic) bond motifs is 10. The molecule has 0 atom stereocenters. The van der Waals surface area contributed by atoms with Gasteiger partial charge in [-0.3, -0.25) is 0 Å². The molecule has 0 aliphatic heterocycles. The van der Waals surface area contributed by atoms with Crippen molar-refractivity contribution in [2.45, 2.75) is 0 Å². The lowest BCUT2D eigenvalue weighted by molar-refractivity contribution is 1.17. The molecule has 0 aliphatic carbocycles. The van der Waals surface area contributed by atoms with Gasteiger partial charge >= 0.3 is 0 Å². The van der Waals surface area contributed by atoms with Gasteiger partial charge < -0.3 is 13.7 Å². The molecule has 266 valence electrons. The Morgan fingerprint density at radius 3 is 1.28 bits per heavy atom. The molecule has 0 amide bonds. The third kappa shape index (κ3) is 4.79. The number of nitrogens with zero attached hydrogens (tertiary/aromatic N) is 3. The maximum absolute atomic E-state index is 2.46. The third-order valence-corrected chi connectivity index (χ3v) is 11.8. The Morgan fingerprint density at radius 1 is 0.211 bits per heavy atom. The van der Waals surface area contributed by atoms with Gasteiger partial charge in [-0.2, -0.15) is 0 Å². The van der Waals surface area contributed by atoms with Gasteiger partial charge in [-0.05, 0) is 107 Å². The fourth-order valence-corrected chi connectivity index (χ4v) is 9.35. The molecule has 0 bridgehead atoms. The van der Waals surface area contributed by atoms with Crippen LogP contribution in [0.3, 0.4) is 0 Å². The summed E-state index contributed by atoms with van der Waals surface area (Å²) in [5, 5.41) is 7.53. The fourth-order valence-electron chi connectivity index (χ4n) is 9.35. The van der Waals surface area contributed by atoms with Crippen LogP contribution in [0.4, 0.5) is 0 Å². The SMILES string of the molecule is c1ccc(-c2cccc(-n3c4ccc(-c5ccc6c(c5)c5ccccc5n6-c5ccccc5)cc4c4c5c6ccccc6n(-c6ccccc6)c5ccc43)c2)cc1. The van der Waals surface area contributed by atoms with E-state index in [1.165, 1.54) is 93.4 Å². The normalized spacial score (nSPS) is 11.9. The molecule has 0 N–H and O–H groups in total. The minimum Gasteiger partial charge on any atom is -0.309 e. The van der Waals surface area contributed by atoms with Crippen molar-refractivity contribution in [1.82, 2.24) is 13.7 Å². The van der Waals surface area contributed by atoms with E-state index in [4.69, 9.17) is 0 Å². The van der Waals surface area contributed by atoms with Crippen molar-refractivity contribution in [2.24, 2.45) is 0 Å². The molecule has 3 heteroatoms. The molecule has 3 aromatic heterocycles. The third-order valence-electron chi connectivity index (χ3n) is 11.8. The van der Waals surface area contributed by atoms with Crippen LogP contribution in [0.15, 0.2) is 212 Å². The summed E-state index contributed by atoms with van der Waals surface area (Å²) in [4.78, 5) is 0. The Balaban J connectivity index is 1.16. The summed E-state index contributed by atoms with van der Waals surface area (Å²) in [6.45, 7) is 0. The number of rotatable bonds is 5. The maximum atomic E-state index is 2.46. The number of hydrogen-bond acceptors (Lipinski definition) is 0. The van der Waals surface area contributed by atoms with Crippen molar-refractivity contribution in [3.8, 4) is 39.3 Å². The van der Waals surface area contributed by atoms with Crippen molar-refractivity contribution in [3.05, 3.63) is 212 Å². The molecule has 0 spiro atoms. The van der Waals surface area contributed by atoms with Crippen LogP contribution in [0.1, 0.15) is 0 Å². The highest BCUT2D eigenvalue weighted by atomic mass is 15.0. The minimum absolute atomic E-state index is 1.14. The van der Waals surface area contributed by atoms with Gasteiger partial charge in [0.15, 0.2) is 0 Å². The summed E-state index contributed by atoms with van der Waals surface area (Å²) in [6, 6.07) is 77.4. The smallest absolute Gasteiger partial charge is 0.0548 e. The molecule has 0 unspecified atom stereocenters. The van der Waals surface area contributed by atoms with Gasteiger partial charge in [0.05, 0.1) is 33.1 Å². The lowest BCUT2D eigenvalue weighted by Crippen LogP contribution is -1.95. The van der Waals surface area contributed by atoms with Crippen LogP contribution in [0, 0.1) is 0 Å². The summed E-state index contributed by atoms with van der Waals surface area (Å²) in [6.07, 6.45) is 0. The van der Waals surface area contributed by atoms with Crippen molar-refractivity contribution in [3.63, 3.8) is 0 Å². The average molecular weight is 726 g/mol. The van der Waals surface area contributed by atoms with E-state index >= 15 is 0 Å². The zero-order valence-corrected chi connectivity index (χ0v) is 31.0. The molecule has 0 aliphatic rings. The van der Waals surface area contributed by atoms with Gasteiger partial charge in [0.1, 0.15) is 0 Å². The average Bonchev–Trinajstić information content (AvgIpc) is 3.92. The van der Waals surface area contributed by atoms with Gasteiger partial charge in [0.2, 0.25) is 0 Å². The van der Waals surface area contributed by atoms with E-state index in [0.717, 1.165) is 11.4 Å². The second kappa shape index (κ2) is 12.5. The molecule has 57 heavy (non-hydrogen) atoms. The Hall–Kier alpha value is -7.62. The number of hydrogen-bond donors (Lipinski definition) is 0. The van der Waals surface area contributed by atoms with Gasteiger partial charge in [-0.1, -0.05) is 127 Å². The van der Waals surface area contributed by atoms with Gasteiger partial charge in [0, 0.05) is 49.4 Å². The van der Waals surface area contributed by atoms with Crippen LogP contribution < -0.4 is 0 Å². The quantitative estimate of drug-likeness (QED) is 0.168. The summed E-state index contributed by atoms with van der Waals surface area (Å²) < 4.78 is 7.27. The first-order chi connectivity index (χ1) is 28.3. The highest BCUT2D eigenvalue weighted by Gasteiger charge is 2.22. The molecule has 0 saturated heterocycles. The molecule has 3 nitrogen and oxygen atoms in total. The highest BCUT2D eigenvalue weighted by Crippen LogP contribution is 2.44. The molecule has 0 saturated carbocycles. The minimum atomic E-state index is 1.14. The van der Waals surface area contributed by atoms with Crippen LogP contribution in [-0.4, -0.2) is 13.7 Å². The lowest BCUT2D eigenvalue weighted by atomic mass is 9.99. The standard InChI is InChI=1S/C54H35N3/c1-4-15-36(16-5-1)37-17-14-22-42(33-37)57-50-30-28-39(38-27-29-49-45(34-38)43-23-10-12-25-47(43)55(49)40-18-6-2-7-19-40)35-46(50)54-52(57)32-31-51-53(54)44-24-11-13-26-48(44)56(51)41-20-8-3-9-21-41/h1-35H. The number of aromatic nitrogens is 3. The largest absolute Gasteiger partial charge is 0.309 e. The Kier molecular flexibility index (Phi) is 6.93. The Bertz CT molecular complexity index is 3500. The summed E-state index contributed by atoms with van der Waals surface area (Å²) >= 11 is 0. The van der Waals surface area contributed by atoms with E-state index in [1.54, 1.807) is 0 Å². The van der Waals surface area contributed by atoms with E-state index < -0.39 is 0 Å². The summed E-state index contributed by atoms with van der Waals surface area (Å²) in [5.41, 5.74) is 15.5. The van der Waals surface area contributed by atoms with Crippen molar-refractivity contribution >= 4 is 65.4 Å². The van der Waals surface area contributed by atoms with Crippen LogP contribution in [0.5, 0.6) is 0 Å². The lowest BCUT2D eigenvalue weighted by Gasteiger charge is -2.11. The van der Waals surface area contributed by atoms with Gasteiger partial charge in [-0.15, -0.1) is 0 Å². The maximum Gasteiger partial charge on any atom is 0.0548 e. The molecular formula is C54H35N3. The van der Waals surface area contributed by atoms with Gasteiger partial charge in [0.25, 0.3) is 0 Å². The predicted octanol–water partition coefficient (Wildman–Crippen LogP) is 14.3. The number of benzene rings is 9. The molecular weight excluding hydrogens is 691 g/mol. The van der Waals surface area contributed by atoms with Crippen LogP contribution >= 0.6 is 0 Å².